The van der Waals surface area contributed by atoms with E-state index in [4.69, 9.17) is 16.0 Å². The number of aliphatic hydroxyl groups is 1. The lowest BCUT2D eigenvalue weighted by Gasteiger charge is -2.38. The summed E-state index contributed by atoms with van der Waals surface area (Å²) in [5.74, 6) is -0.146. The monoisotopic (exact) mass is 403 g/mol. The first-order valence-electron chi connectivity index (χ1n) is 9.31. The Morgan fingerprint density at radius 2 is 1.61 bits per heavy atom. The number of furan rings is 1. The molecule has 4 rings (SSSR count). The van der Waals surface area contributed by atoms with E-state index in [1.807, 2.05) is 0 Å². The summed E-state index contributed by atoms with van der Waals surface area (Å²) in [4.78, 5) is 30.7. The molecule has 1 N–H and O–H groups in total. The van der Waals surface area contributed by atoms with Crippen LogP contribution in [0.4, 0.5) is 0 Å². The molecule has 2 aliphatic heterocycles. The summed E-state index contributed by atoms with van der Waals surface area (Å²) in [5, 5.41) is 11.1. The van der Waals surface area contributed by atoms with Crippen LogP contribution >= 0.6 is 11.6 Å². The average Bonchev–Trinajstić information content (AvgIpc) is 3.38. The average molecular weight is 404 g/mol. The minimum absolute atomic E-state index is 0.0417. The van der Waals surface area contributed by atoms with Gasteiger partial charge in [0, 0.05) is 49.9 Å². The molecule has 0 aliphatic carbocycles. The molecule has 0 bridgehead atoms. The van der Waals surface area contributed by atoms with E-state index >= 15 is 0 Å². The number of carbonyl (C=O) groups is 2. The number of aliphatic hydroxyl groups excluding tert-OH is 1. The second-order valence-electron chi connectivity index (χ2n) is 7.19. The molecule has 1 aromatic carbocycles. The molecule has 2 aliphatic rings. The molecule has 2 fully saturated rings. The normalized spacial score (nSPS) is 23.2. The zero-order valence-corrected chi connectivity index (χ0v) is 16.1. The largest absolute Gasteiger partial charge is 0.472 e. The van der Waals surface area contributed by atoms with Crippen molar-refractivity contribution in [2.75, 3.05) is 39.3 Å². The Morgan fingerprint density at radius 1 is 0.929 bits per heavy atom. The third-order valence-corrected chi connectivity index (χ3v) is 5.73. The van der Waals surface area contributed by atoms with Crippen LogP contribution in [0.5, 0.6) is 0 Å². The summed E-state index contributed by atoms with van der Waals surface area (Å²) in [6, 6.07) is 8.32. The van der Waals surface area contributed by atoms with Gasteiger partial charge in [-0.1, -0.05) is 11.6 Å². The molecule has 0 radical (unpaired) electrons. The third kappa shape index (κ3) is 3.78. The zero-order chi connectivity index (χ0) is 19.7. The smallest absolute Gasteiger partial charge is 0.257 e. The van der Waals surface area contributed by atoms with Crippen LogP contribution in [0.15, 0.2) is 47.3 Å². The van der Waals surface area contributed by atoms with Crippen LogP contribution in [0, 0.1) is 0 Å². The molecule has 2 atom stereocenters. The van der Waals surface area contributed by atoms with Gasteiger partial charge in [-0.3, -0.25) is 14.5 Å². The second-order valence-corrected chi connectivity index (χ2v) is 7.63. The topological polar surface area (TPSA) is 77.2 Å². The van der Waals surface area contributed by atoms with Gasteiger partial charge in [-0.2, -0.15) is 0 Å². The molecule has 7 nitrogen and oxygen atoms in total. The van der Waals surface area contributed by atoms with E-state index in [1.165, 1.54) is 12.5 Å². The maximum atomic E-state index is 12.7. The van der Waals surface area contributed by atoms with Crippen LogP contribution in [-0.2, 0) is 0 Å². The SMILES string of the molecule is O=C(c1ccoc1)N1CCN([C@H]2CN(C(=O)c3ccc(Cl)cc3)C[C@@H]2O)CC1. The third-order valence-electron chi connectivity index (χ3n) is 5.48. The summed E-state index contributed by atoms with van der Waals surface area (Å²) in [6.45, 7) is 3.26. The van der Waals surface area contributed by atoms with Crippen molar-refractivity contribution in [1.29, 1.82) is 0 Å². The maximum Gasteiger partial charge on any atom is 0.257 e. The molecule has 28 heavy (non-hydrogen) atoms. The summed E-state index contributed by atoms with van der Waals surface area (Å²) in [7, 11) is 0. The van der Waals surface area contributed by atoms with Crippen molar-refractivity contribution in [2.24, 2.45) is 0 Å². The number of hydrogen-bond acceptors (Lipinski definition) is 5. The number of benzene rings is 1. The van der Waals surface area contributed by atoms with Crippen LogP contribution in [0.2, 0.25) is 5.02 Å². The Morgan fingerprint density at radius 3 is 2.25 bits per heavy atom. The highest BCUT2D eigenvalue weighted by molar-refractivity contribution is 6.30. The molecule has 0 saturated carbocycles. The molecule has 2 aromatic rings. The zero-order valence-electron chi connectivity index (χ0n) is 15.3. The van der Waals surface area contributed by atoms with E-state index in [0.717, 1.165) is 0 Å². The first-order valence-corrected chi connectivity index (χ1v) is 9.69. The molecule has 3 heterocycles. The van der Waals surface area contributed by atoms with Gasteiger partial charge in [0.1, 0.15) is 6.26 Å². The van der Waals surface area contributed by atoms with Crippen LogP contribution in [-0.4, -0.2) is 83.0 Å². The van der Waals surface area contributed by atoms with Gasteiger partial charge >= 0.3 is 0 Å². The fourth-order valence-electron chi connectivity index (χ4n) is 3.89. The van der Waals surface area contributed by atoms with Gasteiger partial charge in [0.2, 0.25) is 0 Å². The van der Waals surface area contributed by atoms with Gasteiger partial charge in [-0.25, -0.2) is 0 Å². The highest BCUT2D eigenvalue weighted by Gasteiger charge is 2.39. The van der Waals surface area contributed by atoms with Crippen molar-refractivity contribution in [1.82, 2.24) is 14.7 Å². The van der Waals surface area contributed by atoms with Gasteiger partial charge in [0.25, 0.3) is 11.8 Å². The van der Waals surface area contributed by atoms with Crippen molar-refractivity contribution in [3.05, 3.63) is 59.0 Å². The fraction of sp³-hybridized carbons (Fsp3) is 0.400. The van der Waals surface area contributed by atoms with Gasteiger partial charge in [-0.15, -0.1) is 0 Å². The van der Waals surface area contributed by atoms with E-state index in [0.29, 0.717) is 55.4 Å². The molecule has 1 aromatic heterocycles. The number of piperazine rings is 1. The number of hydrogen-bond donors (Lipinski definition) is 1. The second kappa shape index (κ2) is 7.95. The Balaban J connectivity index is 1.35. The van der Waals surface area contributed by atoms with Gasteiger partial charge < -0.3 is 19.3 Å². The molecule has 2 amide bonds. The molecule has 0 unspecified atom stereocenters. The van der Waals surface area contributed by atoms with Gasteiger partial charge in [0.05, 0.1) is 24.0 Å². The summed E-state index contributed by atoms with van der Waals surface area (Å²) < 4.78 is 4.98. The number of rotatable bonds is 3. The number of likely N-dealkylation sites (tertiary alicyclic amines) is 1. The van der Waals surface area contributed by atoms with Crippen LogP contribution in [0.1, 0.15) is 20.7 Å². The van der Waals surface area contributed by atoms with E-state index in [2.05, 4.69) is 4.90 Å². The lowest BCUT2D eigenvalue weighted by Crippen LogP contribution is -2.54. The highest BCUT2D eigenvalue weighted by Crippen LogP contribution is 2.21. The highest BCUT2D eigenvalue weighted by atomic mass is 35.5. The predicted molar refractivity (Wildman–Crippen MR) is 103 cm³/mol. The quantitative estimate of drug-likeness (QED) is 0.841. The first-order chi connectivity index (χ1) is 13.5. The van der Waals surface area contributed by atoms with Crippen molar-refractivity contribution < 1.29 is 19.1 Å². The maximum absolute atomic E-state index is 12.7. The Kier molecular flexibility index (Phi) is 5.39. The summed E-state index contributed by atoms with van der Waals surface area (Å²) in [6.07, 6.45) is 2.34. The number of amides is 2. The molecular formula is C20H22ClN3O4. The van der Waals surface area contributed by atoms with Crippen LogP contribution < -0.4 is 0 Å². The Labute approximate surface area is 168 Å². The molecule has 8 heteroatoms. The Bertz CT molecular complexity index is 832. The van der Waals surface area contributed by atoms with Crippen molar-refractivity contribution in [2.45, 2.75) is 12.1 Å². The van der Waals surface area contributed by atoms with Crippen LogP contribution in [0.3, 0.4) is 0 Å². The molecule has 2 saturated heterocycles. The molecular weight excluding hydrogens is 382 g/mol. The van der Waals surface area contributed by atoms with E-state index < -0.39 is 6.10 Å². The van der Waals surface area contributed by atoms with E-state index in [1.54, 1.807) is 40.1 Å². The summed E-state index contributed by atoms with van der Waals surface area (Å²) in [5.41, 5.74) is 1.11. The number of halogens is 1. The Hall–Kier alpha value is -2.35. The van der Waals surface area contributed by atoms with Crippen molar-refractivity contribution in [3.8, 4) is 0 Å². The number of nitrogens with zero attached hydrogens (tertiary/aromatic N) is 3. The lowest BCUT2D eigenvalue weighted by atomic mass is 10.1. The van der Waals surface area contributed by atoms with Crippen molar-refractivity contribution in [3.63, 3.8) is 0 Å². The van der Waals surface area contributed by atoms with Crippen molar-refractivity contribution >= 4 is 23.4 Å². The first kappa shape index (κ1) is 19.0. The van der Waals surface area contributed by atoms with Gasteiger partial charge in [0.15, 0.2) is 0 Å². The minimum Gasteiger partial charge on any atom is -0.472 e. The van der Waals surface area contributed by atoms with E-state index in [-0.39, 0.29) is 17.9 Å². The summed E-state index contributed by atoms with van der Waals surface area (Å²) >= 11 is 5.89. The van der Waals surface area contributed by atoms with Crippen LogP contribution in [0.25, 0.3) is 0 Å². The molecule has 0 spiro atoms. The number of β-amino-alcohol motifs (C(OH)–C–C–N with tert-alkyl or cyclic N) is 1. The standard InChI is InChI=1S/C20H22ClN3O4/c21-16-3-1-14(2-4-16)19(26)24-11-17(18(25)12-24)22-6-8-23(9-7-22)20(27)15-5-10-28-13-15/h1-5,10,13,17-18,25H,6-9,11-12H2/t17-,18-/m0/s1. The fourth-order valence-corrected chi connectivity index (χ4v) is 4.02. The predicted octanol–water partition coefficient (Wildman–Crippen LogP) is 1.58. The van der Waals surface area contributed by atoms with E-state index in [9.17, 15) is 14.7 Å². The minimum atomic E-state index is -0.604. The number of carbonyl (C=O) groups excluding carboxylic acids is 2. The lowest BCUT2D eigenvalue weighted by molar-refractivity contribution is 0.0376. The molecule has 148 valence electrons. The van der Waals surface area contributed by atoms with Gasteiger partial charge in [-0.05, 0) is 30.3 Å².